The van der Waals surface area contributed by atoms with Gasteiger partial charge in [-0.15, -0.1) is 0 Å². The molecule has 3 rings (SSSR count). The molecule has 0 saturated heterocycles. The van der Waals surface area contributed by atoms with Crippen molar-refractivity contribution in [2.75, 3.05) is 47.1 Å². The number of carbonyl (C=O) groups excluding carboxylic acids is 2. The molecule has 38 heavy (non-hydrogen) atoms. The summed E-state index contributed by atoms with van der Waals surface area (Å²) in [5, 5.41) is 0.508. The highest BCUT2D eigenvalue weighted by molar-refractivity contribution is 7.89. The van der Waals surface area contributed by atoms with E-state index in [1.54, 1.807) is 19.1 Å². The van der Waals surface area contributed by atoms with Crippen LogP contribution >= 0.6 is 34.5 Å². The number of nitrogens with zero attached hydrogens (tertiary/aromatic N) is 3. The van der Waals surface area contributed by atoms with Crippen LogP contribution in [0.15, 0.2) is 46.3 Å². The van der Waals surface area contributed by atoms with Crippen LogP contribution in [0.4, 0.5) is 0 Å². The van der Waals surface area contributed by atoms with Crippen molar-refractivity contribution in [1.82, 2.24) is 8.87 Å². The van der Waals surface area contributed by atoms with Gasteiger partial charge in [0.15, 0.2) is 4.80 Å². The SMILES string of the molecule is CCOC(=O)Cn1c(=NC(=O)c2ccc(S(=O)(=O)N(CCOC)CCOC)cc2)sc2ccc(Cl)c(Cl)c21. The summed E-state index contributed by atoms with van der Waals surface area (Å²) in [6, 6.07) is 8.80. The minimum atomic E-state index is -3.85. The number of thiazole rings is 1. The molecule has 0 atom stereocenters. The van der Waals surface area contributed by atoms with Crippen molar-refractivity contribution in [1.29, 1.82) is 0 Å². The zero-order valence-corrected chi connectivity index (χ0v) is 24.1. The molecule has 206 valence electrons. The van der Waals surface area contributed by atoms with E-state index in [1.807, 2.05) is 0 Å². The molecule has 0 aliphatic carbocycles. The fourth-order valence-electron chi connectivity index (χ4n) is 3.48. The number of benzene rings is 2. The molecule has 0 bridgehead atoms. The molecule has 0 N–H and O–H groups in total. The van der Waals surface area contributed by atoms with Gasteiger partial charge in [0.05, 0.1) is 45.0 Å². The zero-order valence-electron chi connectivity index (χ0n) is 21.0. The Hall–Kier alpha value is -2.32. The number of sulfonamides is 1. The summed E-state index contributed by atoms with van der Waals surface area (Å²) in [7, 11) is -0.875. The fraction of sp³-hybridized carbons (Fsp3) is 0.375. The molecule has 0 radical (unpaired) electrons. The summed E-state index contributed by atoms with van der Waals surface area (Å²) in [5.41, 5.74) is 0.617. The van der Waals surface area contributed by atoms with E-state index < -0.39 is 21.9 Å². The van der Waals surface area contributed by atoms with Gasteiger partial charge < -0.3 is 18.8 Å². The summed E-state index contributed by atoms with van der Waals surface area (Å²) < 4.78 is 44.7. The molecule has 0 aliphatic rings. The monoisotopic (exact) mass is 603 g/mol. The molecule has 1 heterocycles. The molecule has 0 aliphatic heterocycles. The second kappa shape index (κ2) is 13.7. The number of hydrogen-bond donors (Lipinski definition) is 0. The molecule has 0 fully saturated rings. The van der Waals surface area contributed by atoms with Crippen LogP contribution in [0.5, 0.6) is 0 Å². The molecule has 1 amide bonds. The van der Waals surface area contributed by atoms with Crippen LogP contribution in [0, 0.1) is 0 Å². The number of methoxy groups -OCH3 is 2. The molecular weight excluding hydrogens is 577 g/mol. The van der Waals surface area contributed by atoms with E-state index in [1.165, 1.54) is 47.4 Å². The van der Waals surface area contributed by atoms with Crippen LogP contribution in [-0.4, -0.2) is 76.3 Å². The average molecular weight is 605 g/mol. The Morgan fingerprint density at radius 2 is 1.66 bits per heavy atom. The number of halogens is 2. The molecule has 0 spiro atoms. The van der Waals surface area contributed by atoms with Crippen molar-refractivity contribution < 1.29 is 32.2 Å². The van der Waals surface area contributed by atoms with Crippen molar-refractivity contribution in [3.63, 3.8) is 0 Å². The highest BCUT2D eigenvalue weighted by atomic mass is 35.5. The third-order valence-electron chi connectivity index (χ3n) is 5.35. The molecular formula is C24H27Cl2N3O7S2. The van der Waals surface area contributed by atoms with Crippen LogP contribution in [0.1, 0.15) is 17.3 Å². The Morgan fingerprint density at radius 1 is 1.03 bits per heavy atom. The number of fused-ring (bicyclic) bond motifs is 1. The van der Waals surface area contributed by atoms with E-state index in [0.717, 1.165) is 11.3 Å². The fourth-order valence-corrected chi connectivity index (χ4v) is 6.40. The van der Waals surface area contributed by atoms with Crippen molar-refractivity contribution in [3.05, 3.63) is 56.8 Å². The maximum atomic E-state index is 13.1. The normalized spacial score (nSPS) is 12.4. The number of rotatable bonds is 12. The first-order chi connectivity index (χ1) is 18.1. The molecule has 1 aromatic heterocycles. The van der Waals surface area contributed by atoms with Gasteiger partial charge in [0, 0.05) is 32.9 Å². The van der Waals surface area contributed by atoms with E-state index >= 15 is 0 Å². The lowest BCUT2D eigenvalue weighted by atomic mass is 10.2. The Balaban J connectivity index is 1.97. The minimum absolute atomic E-state index is 0.0157. The van der Waals surface area contributed by atoms with Gasteiger partial charge in [-0.1, -0.05) is 34.5 Å². The number of carbonyl (C=O) groups is 2. The summed E-state index contributed by atoms with van der Waals surface area (Å²) in [5.74, 6) is -1.16. The second-order valence-electron chi connectivity index (χ2n) is 7.81. The van der Waals surface area contributed by atoms with Crippen molar-refractivity contribution >= 4 is 66.7 Å². The summed E-state index contributed by atoms with van der Waals surface area (Å²) in [4.78, 5) is 29.7. The molecule has 2 aromatic carbocycles. The quantitative estimate of drug-likeness (QED) is 0.290. The van der Waals surface area contributed by atoms with E-state index in [0.29, 0.717) is 10.2 Å². The average Bonchev–Trinajstić information content (AvgIpc) is 3.23. The van der Waals surface area contributed by atoms with Gasteiger partial charge in [0.1, 0.15) is 6.54 Å². The maximum absolute atomic E-state index is 13.1. The van der Waals surface area contributed by atoms with Crippen LogP contribution in [0.3, 0.4) is 0 Å². The highest BCUT2D eigenvalue weighted by Crippen LogP contribution is 2.32. The molecule has 0 saturated carbocycles. The van der Waals surface area contributed by atoms with Gasteiger partial charge >= 0.3 is 5.97 Å². The Labute approximate surface area is 234 Å². The maximum Gasteiger partial charge on any atom is 0.326 e. The Kier molecular flexibility index (Phi) is 10.9. The Bertz CT molecular complexity index is 1460. The second-order valence-corrected chi connectivity index (χ2v) is 11.5. The predicted molar refractivity (Wildman–Crippen MR) is 145 cm³/mol. The number of hydrogen-bond acceptors (Lipinski definition) is 8. The standard InChI is InChI=1S/C24H27Cl2N3O7S2/c1-4-36-20(30)15-29-22-19(10-9-18(25)21(22)26)37-24(29)27-23(31)16-5-7-17(8-6-16)38(32,33)28(11-13-34-2)12-14-35-3/h5-10H,4,11-15H2,1-3H3. The molecule has 10 nitrogen and oxygen atoms in total. The largest absolute Gasteiger partial charge is 0.465 e. The summed E-state index contributed by atoms with van der Waals surface area (Å²) >= 11 is 13.7. The molecule has 0 unspecified atom stereocenters. The third-order valence-corrected chi connectivity index (χ3v) is 9.10. The van der Waals surface area contributed by atoms with E-state index in [-0.39, 0.29) is 64.8 Å². The lowest BCUT2D eigenvalue weighted by Crippen LogP contribution is -2.36. The van der Waals surface area contributed by atoms with Gasteiger partial charge in [-0.25, -0.2) is 8.42 Å². The van der Waals surface area contributed by atoms with Gasteiger partial charge in [-0.2, -0.15) is 9.30 Å². The molecule has 3 aromatic rings. The lowest BCUT2D eigenvalue weighted by Gasteiger charge is -2.21. The number of ether oxygens (including phenoxy) is 3. The summed E-state index contributed by atoms with van der Waals surface area (Å²) in [6.07, 6.45) is 0. The topological polar surface area (TPSA) is 117 Å². The van der Waals surface area contributed by atoms with E-state index in [9.17, 15) is 18.0 Å². The number of esters is 1. The van der Waals surface area contributed by atoms with Gasteiger partial charge in [0.2, 0.25) is 10.0 Å². The van der Waals surface area contributed by atoms with Crippen LogP contribution in [0.2, 0.25) is 10.0 Å². The van der Waals surface area contributed by atoms with Crippen molar-refractivity contribution in [2.45, 2.75) is 18.4 Å². The van der Waals surface area contributed by atoms with Crippen molar-refractivity contribution in [2.24, 2.45) is 4.99 Å². The van der Waals surface area contributed by atoms with Crippen LogP contribution in [-0.2, 0) is 35.6 Å². The first-order valence-electron chi connectivity index (χ1n) is 11.4. The molecule has 14 heteroatoms. The van der Waals surface area contributed by atoms with E-state index in [4.69, 9.17) is 37.4 Å². The first kappa shape index (κ1) is 30.2. The van der Waals surface area contributed by atoms with Gasteiger partial charge in [0.25, 0.3) is 5.91 Å². The van der Waals surface area contributed by atoms with Gasteiger partial charge in [-0.05, 0) is 43.3 Å². The Morgan fingerprint density at radius 3 is 2.24 bits per heavy atom. The minimum Gasteiger partial charge on any atom is -0.465 e. The number of aromatic nitrogens is 1. The van der Waals surface area contributed by atoms with E-state index in [2.05, 4.69) is 4.99 Å². The predicted octanol–water partition coefficient (Wildman–Crippen LogP) is 3.60. The lowest BCUT2D eigenvalue weighted by molar-refractivity contribution is -0.143. The first-order valence-corrected chi connectivity index (χ1v) is 14.4. The van der Waals surface area contributed by atoms with Crippen LogP contribution in [0.25, 0.3) is 10.2 Å². The van der Waals surface area contributed by atoms with Gasteiger partial charge in [-0.3, -0.25) is 9.59 Å². The smallest absolute Gasteiger partial charge is 0.326 e. The van der Waals surface area contributed by atoms with Crippen molar-refractivity contribution in [3.8, 4) is 0 Å². The summed E-state index contributed by atoms with van der Waals surface area (Å²) in [6.45, 7) is 2.38. The number of amides is 1. The third kappa shape index (κ3) is 7.00. The van der Waals surface area contributed by atoms with Crippen LogP contribution < -0.4 is 4.80 Å². The zero-order chi connectivity index (χ0) is 27.9. The highest BCUT2D eigenvalue weighted by Gasteiger charge is 2.24.